The van der Waals surface area contributed by atoms with Crippen molar-refractivity contribution in [1.82, 2.24) is 5.32 Å². The van der Waals surface area contributed by atoms with Crippen molar-refractivity contribution < 1.29 is 13.9 Å². The number of furan rings is 1. The van der Waals surface area contributed by atoms with E-state index in [1.54, 1.807) is 13.4 Å². The first-order valence-corrected chi connectivity index (χ1v) is 6.15. The van der Waals surface area contributed by atoms with Crippen molar-refractivity contribution in [3.05, 3.63) is 24.2 Å². The zero-order chi connectivity index (χ0) is 12.3. The van der Waals surface area contributed by atoms with Crippen LogP contribution in [-0.4, -0.2) is 39.5 Å². The van der Waals surface area contributed by atoms with Crippen LogP contribution in [-0.2, 0) is 15.9 Å². The van der Waals surface area contributed by atoms with Crippen molar-refractivity contribution in [3.63, 3.8) is 0 Å². The highest BCUT2D eigenvalue weighted by Crippen LogP contribution is 2.05. The Morgan fingerprint density at radius 2 is 2.24 bits per heavy atom. The number of aryl methyl sites for hydroxylation is 1. The van der Waals surface area contributed by atoms with Crippen LogP contribution in [0.1, 0.15) is 19.1 Å². The molecule has 0 fully saturated rings. The van der Waals surface area contributed by atoms with E-state index in [-0.39, 0.29) is 0 Å². The molecule has 1 atom stereocenters. The lowest BCUT2D eigenvalue weighted by Gasteiger charge is -2.13. The Morgan fingerprint density at radius 3 is 2.94 bits per heavy atom. The normalized spacial score (nSPS) is 12.8. The smallest absolute Gasteiger partial charge is 0.103 e. The zero-order valence-corrected chi connectivity index (χ0v) is 10.8. The molecular formula is C13H23NO3. The first-order valence-electron chi connectivity index (χ1n) is 6.15. The summed E-state index contributed by atoms with van der Waals surface area (Å²) in [6, 6.07) is 4.42. The Bertz CT molecular complexity index is 262. The molecule has 4 heteroatoms. The summed E-state index contributed by atoms with van der Waals surface area (Å²) in [4.78, 5) is 0. The summed E-state index contributed by atoms with van der Waals surface area (Å²) in [6.07, 6.45) is 3.77. The van der Waals surface area contributed by atoms with Gasteiger partial charge in [-0.25, -0.2) is 0 Å². The van der Waals surface area contributed by atoms with Gasteiger partial charge in [0.05, 0.1) is 26.1 Å². The molecule has 17 heavy (non-hydrogen) atoms. The molecule has 1 rings (SSSR count). The first-order chi connectivity index (χ1) is 8.33. The molecule has 0 saturated heterocycles. The van der Waals surface area contributed by atoms with Crippen LogP contribution in [0.5, 0.6) is 0 Å². The average Bonchev–Trinajstić information content (AvgIpc) is 2.84. The van der Waals surface area contributed by atoms with Crippen LogP contribution in [0.3, 0.4) is 0 Å². The molecule has 1 N–H and O–H groups in total. The van der Waals surface area contributed by atoms with Crippen LogP contribution in [0.25, 0.3) is 0 Å². The lowest BCUT2D eigenvalue weighted by Crippen LogP contribution is -2.30. The fourth-order valence-corrected chi connectivity index (χ4v) is 1.54. The molecule has 4 nitrogen and oxygen atoms in total. The molecule has 0 aliphatic rings. The van der Waals surface area contributed by atoms with E-state index in [0.29, 0.717) is 19.3 Å². The van der Waals surface area contributed by atoms with Gasteiger partial charge in [-0.3, -0.25) is 0 Å². The van der Waals surface area contributed by atoms with Crippen molar-refractivity contribution in [1.29, 1.82) is 0 Å². The first kappa shape index (κ1) is 14.2. The van der Waals surface area contributed by atoms with Gasteiger partial charge < -0.3 is 19.2 Å². The zero-order valence-electron chi connectivity index (χ0n) is 10.8. The van der Waals surface area contributed by atoms with Crippen LogP contribution in [0.2, 0.25) is 0 Å². The van der Waals surface area contributed by atoms with Gasteiger partial charge in [0.2, 0.25) is 0 Å². The Balaban J connectivity index is 1.92. The highest BCUT2D eigenvalue weighted by Gasteiger charge is 2.03. The summed E-state index contributed by atoms with van der Waals surface area (Å²) in [5.41, 5.74) is 0. The molecule has 1 heterocycles. The van der Waals surface area contributed by atoms with Gasteiger partial charge in [-0.05, 0) is 25.5 Å². The molecule has 0 amide bonds. The maximum Gasteiger partial charge on any atom is 0.103 e. The van der Waals surface area contributed by atoms with Gasteiger partial charge in [-0.2, -0.15) is 0 Å². The Kier molecular flexibility index (Phi) is 7.71. The molecule has 0 bridgehead atoms. The summed E-state index contributed by atoms with van der Waals surface area (Å²) in [6.45, 7) is 5.11. The fourth-order valence-electron chi connectivity index (χ4n) is 1.54. The Hall–Kier alpha value is -0.840. The summed E-state index contributed by atoms with van der Waals surface area (Å²) in [5, 5.41) is 3.41. The van der Waals surface area contributed by atoms with Crippen LogP contribution in [0.15, 0.2) is 22.8 Å². The van der Waals surface area contributed by atoms with Crippen molar-refractivity contribution >= 4 is 0 Å². The third kappa shape index (κ3) is 7.15. The van der Waals surface area contributed by atoms with Gasteiger partial charge in [0.1, 0.15) is 5.76 Å². The van der Waals surface area contributed by atoms with Crippen molar-refractivity contribution in [2.45, 2.75) is 25.8 Å². The number of methoxy groups -OCH3 is 1. The maximum absolute atomic E-state index is 5.37. The molecule has 0 aliphatic heterocycles. The number of hydrogen-bond donors (Lipinski definition) is 1. The number of ether oxygens (including phenoxy) is 2. The number of hydrogen-bond acceptors (Lipinski definition) is 4. The van der Waals surface area contributed by atoms with Gasteiger partial charge in [0.15, 0.2) is 0 Å². The largest absolute Gasteiger partial charge is 0.469 e. The predicted octanol–water partition coefficient (Wildman–Crippen LogP) is 1.85. The minimum Gasteiger partial charge on any atom is -0.469 e. The SMILES string of the molecule is COCCOCCNC(C)CCc1ccco1. The van der Waals surface area contributed by atoms with Gasteiger partial charge in [-0.15, -0.1) is 0 Å². The molecule has 1 aromatic heterocycles. The maximum atomic E-state index is 5.37. The van der Waals surface area contributed by atoms with E-state index in [4.69, 9.17) is 13.9 Å². The van der Waals surface area contributed by atoms with Gasteiger partial charge in [0.25, 0.3) is 0 Å². The standard InChI is InChI=1S/C13H23NO3/c1-12(5-6-13-4-3-8-17-13)14-7-9-16-11-10-15-2/h3-4,8,12,14H,5-7,9-11H2,1-2H3. The third-order valence-corrected chi connectivity index (χ3v) is 2.57. The van der Waals surface area contributed by atoms with Crippen LogP contribution < -0.4 is 5.32 Å². The number of nitrogens with one attached hydrogen (secondary N) is 1. The summed E-state index contributed by atoms with van der Waals surface area (Å²) in [7, 11) is 1.68. The van der Waals surface area contributed by atoms with E-state index in [0.717, 1.165) is 31.8 Å². The molecule has 98 valence electrons. The molecule has 0 aliphatic carbocycles. The van der Waals surface area contributed by atoms with E-state index in [9.17, 15) is 0 Å². The van der Waals surface area contributed by atoms with Crippen molar-refractivity contribution in [2.24, 2.45) is 0 Å². The minimum absolute atomic E-state index is 0.478. The number of rotatable bonds is 10. The fraction of sp³-hybridized carbons (Fsp3) is 0.692. The Morgan fingerprint density at radius 1 is 1.35 bits per heavy atom. The molecule has 0 spiro atoms. The van der Waals surface area contributed by atoms with Crippen molar-refractivity contribution in [2.75, 3.05) is 33.5 Å². The Labute approximate surface area is 103 Å². The van der Waals surface area contributed by atoms with Crippen LogP contribution in [0, 0.1) is 0 Å². The predicted molar refractivity (Wildman–Crippen MR) is 67.2 cm³/mol. The molecule has 0 saturated carbocycles. The quantitative estimate of drug-likeness (QED) is 0.635. The van der Waals surface area contributed by atoms with Gasteiger partial charge in [-0.1, -0.05) is 0 Å². The van der Waals surface area contributed by atoms with Crippen molar-refractivity contribution in [3.8, 4) is 0 Å². The van der Waals surface area contributed by atoms with E-state index in [1.165, 1.54) is 0 Å². The lowest BCUT2D eigenvalue weighted by atomic mass is 10.1. The second-order valence-corrected chi connectivity index (χ2v) is 4.08. The highest BCUT2D eigenvalue weighted by atomic mass is 16.5. The second kappa shape index (κ2) is 9.22. The van der Waals surface area contributed by atoms with E-state index < -0.39 is 0 Å². The highest BCUT2D eigenvalue weighted by molar-refractivity contribution is 4.98. The van der Waals surface area contributed by atoms with Gasteiger partial charge in [0, 0.05) is 26.1 Å². The summed E-state index contributed by atoms with van der Waals surface area (Å²) >= 11 is 0. The average molecular weight is 241 g/mol. The minimum atomic E-state index is 0.478. The monoisotopic (exact) mass is 241 g/mol. The van der Waals surface area contributed by atoms with Crippen LogP contribution >= 0.6 is 0 Å². The van der Waals surface area contributed by atoms with Gasteiger partial charge >= 0.3 is 0 Å². The summed E-state index contributed by atoms with van der Waals surface area (Å²) in [5.74, 6) is 1.05. The van der Waals surface area contributed by atoms with Crippen LogP contribution in [0.4, 0.5) is 0 Å². The van der Waals surface area contributed by atoms with E-state index in [2.05, 4.69) is 12.2 Å². The van der Waals surface area contributed by atoms with E-state index in [1.807, 2.05) is 12.1 Å². The summed E-state index contributed by atoms with van der Waals surface area (Å²) < 4.78 is 15.5. The molecule has 1 aromatic rings. The van der Waals surface area contributed by atoms with E-state index >= 15 is 0 Å². The lowest BCUT2D eigenvalue weighted by molar-refractivity contribution is 0.0711. The molecule has 1 unspecified atom stereocenters. The third-order valence-electron chi connectivity index (χ3n) is 2.57. The molecule has 0 aromatic carbocycles. The molecule has 0 radical (unpaired) electrons. The second-order valence-electron chi connectivity index (χ2n) is 4.08. The molecular weight excluding hydrogens is 218 g/mol. The topological polar surface area (TPSA) is 43.6 Å².